The van der Waals surface area contributed by atoms with Crippen LogP contribution < -0.4 is 10.6 Å². The molecule has 5 aromatic rings. The van der Waals surface area contributed by atoms with Crippen molar-refractivity contribution in [2.45, 2.75) is 24.3 Å². The summed E-state index contributed by atoms with van der Waals surface area (Å²) in [5.41, 5.74) is 4.09. The maximum atomic E-state index is 13.6. The number of aromatic nitrogens is 4. The van der Waals surface area contributed by atoms with Gasteiger partial charge in [0.2, 0.25) is 5.91 Å². The Morgan fingerprint density at radius 2 is 2.02 bits per heavy atom. The third-order valence-corrected chi connectivity index (χ3v) is 8.41. The minimum atomic E-state index is -0.274. The average molecular weight is 569 g/mol. The summed E-state index contributed by atoms with van der Waals surface area (Å²) >= 11 is 1.72. The van der Waals surface area contributed by atoms with Crippen LogP contribution >= 0.6 is 11.8 Å². The van der Waals surface area contributed by atoms with Gasteiger partial charge in [-0.3, -0.25) is 9.48 Å². The van der Waals surface area contributed by atoms with Crippen molar-refractivity contribution in [1.29, 1.82) is 0 Å². The van der Waals surface area contributed by atoms with Crippen molar-refractivity contribution in [3.05, 3.63) is 91.2 Å². The van der Waals surface area contributed by atoms with Crippen molar-refractivity contribution in [2.75, 3.05) is 29.6 Å². The minimum Gasteiger partial charge on any atom is -0.381 e. The number of amides is 1. The molecule has 0 radical (unpaired) electrons. The quantitative estimate of drug-likeness (QED) is 0.154. The molecule has 41 heavy (non-hydrogen) atoms. The molecule has 6 rings (SSSR count). The van der Waals surface area contributed by atoms with E-state index in [4.69, 9.17) is 4.74 Å². The Bertz CT molecular complexity index is 1730. The van der Waals surface area contributed by atoms with Crippen molar-refractivity contribution < 1.29 is 13.9 Å². The van der Waals surface area contributed by atoms with Gasteiger partial charge < -0.3 is 15.4 Å². The van der Waals surface area contributed by atoms with E-state index in [1.165, 1.54) is 24.5 Å². The van der Waals surface area contributed by atoms with Gasteiger partial charge in [0.25, 0.3) is 0 Å². The van der Waals surface area contributed by atoms with Gasteiger partial charge in [0, 0.05) is 40.3 Å². The van der Waals surface area contributed by atoms with Crippen molar-refractivity contribution >= 4 is 56.7 Å². The summed E-state index contributed by atoms with van der Waals surface area (Å²) in [5, 5.41) is 12.6. The second kappa shape index (κ2) is 12.1. The molecule has 3 heterocycles. The number of nitrogens with one attached hydrogen (secondary N) is 2. The first-order chi connectivity index (χ1) is 20.1. The number of carbonyl (C=O) groups is 1. The summed E-state index contributed by atoms with van der Waals surface area (Å²) in [4.78, 5) is 22.3. The molecule has 2 N–H and O–H groups in total. The van der Waals surface area contributed by atoms with Gasteiger partial charge >= 0.3 is 0 Å². The van der Waals surface area contributed by atoms with E-state index in [0.29, 0.717) is 24.0 Å². The van der Waals surface area contributed by atoms with E-state index in [1.807, 2.05) is 41.1 Å². The Labute approximate surface area is 241 Å². The monoisotopic (exact) mass is 568 g/mol. The third kappa shape index (κ3) is 6.23. The average Bonchev–Trinajstić information content (AvgIpc) is 3.38. The van der Waals surface area contributed by atoms with Gasteiger partial charge in [-0.25, -0.2) is 14.4 Å². The van der Waals surface area contributed by atoms with E-state index in [0.717, 1.165) is 69.8 Å². The molecule has 1 fully saturated rings. The maximum Gasteiger partial charge on any atom is 0.247 e. The molecule has 0 spiro atoms. The molecule has 0 saturated carbocycles. The maximum absolute atomic E-state index is 13.6. The fourth-order valence-corrected chi connectivity index (χ4v) is 6.15. The van der Waals surface area contributed by atoms with E-state index in [9.17, 15) is 9.18 Å². The van der Waals surface area contributed by atoms with Crippen LogP contribution in [0.4, 0.5) is 21.6 Å². The largest absolute Gasteiger partial charge is 0.381 e. The number of anilines is 3. The van der Waals surface area contributed by atoms with Crippen LogP contribution in [0, 0.1) is 11.7 Å². The van der Waals surface area contributed by atoms with E-state index in [1.54, 1.807) is 24.0 Å². The second-order valence-corrected chi connectivity index (χ2v) is 11.0. The molecule has 8 nitrogen and oxygen atoms in total. The predicted octanol–water partition coefficient (Wildman–Crippen LogP) is 6.55. The van der Waals surface area contributed by atoms with E-state index >= 15 is 0 Å². The van der Waals surface area contributed by atoms with Crippen molar-refractivity contribution in [1.82, 2.24) is 19.7 Å². The zero-order chi connectivity index (χ0) is 28.2. The molecule has 1 amide bonds. The molecule has 3 aromatic carbocycles. The summed E-state index contributed by atoms with van der Waals surface area (Å²) in [6.07, 6.45) is 6.68. The number of rotatable bonds is 9. The molecular formula is C31H29FN6O2S. The first-order valence-electron chi connectivity index (χ1n) is 13.5. The molecular weight excluding hydrogens is 539 g/mol. The number of thioether (sulfide) groups is 1. The molecule has 2 aromatic heterocycles. The fraction of sp³-hybridized carbons (Fsp3) is 0.226. The summed E-state index contributed by atoms with van der Waals surface area (Å²) in [7, 11) is 0. The van der Waals surface area contributed by atoms with Crippen molar-refractivity contribution in [3.63, 3.8) is 0 Å². The normalized spacial score (nSPS) is 13.9. The first kappa shape index (κ1) is 26.9. The molecule has 0 atom stereocenters. The standard InChI is InChI=1S/C31H29FN6O2S/c1-2-30(39)37-27-14-25-26(15-29(27)41-18-20-8-10-40-11-9-20)33-19-34-31(25)36-24-6-7-28-22(13-24)16-35-38(28)17-21-4-3-5-23(32)12-21/h2-7,12-16,19-20H,1,8-11,17-18H2,(H,37,39)(H,33,34,36). The smallest absolute Gasteiger partial charge is 0.247 e. The van der Waals surface area contributed by atoms with Crippen LogP contribution in [0.5, 0.6) is 0 Å². The number of ether oxygens (including phenoxy) is 1. The summed E-state index contributed by atoms with van der Waals surface area (Å²) < 4.78 is 21.0. The summed E-state index contributed by atoms with van der Waals surface area (Å²) in [6.45, 7) is 5.67. The highest BCUT2D eigenvalue weighted by Gasteiger charge is 2.17. The van der Waals surface area contributed by atoms with Gasteiger partial charge in [0.1, 0.15) is 18.0 Å². The van der Waals surface area contributed by atoms with Crippen LogP contribution in [0.25, 0.3) is 21.8 Å². The molecule has 10 heteroatoms. The number of hydrogen-bond donors (Lipinski definition) is 2. The van der Waals surface area contributed by atoms with E-state index in [-0.39, 0.29) is 11.7 Å². The zero-order valence-electron chi connectivity index (χ0n) is 22.3. The van der Waals surface area contributed by atoms with Gasteiger partial charge in [0.15, 0.2) is 0 Å². The number of fused-ring (bicyclic) bond motifs is 2. The second-order valence-electron chi connectivity index (χ2n) is 9.98. The van der Waals surface area contributed by atoms with Crippen molar-refractivity contribution in [3.8, 4) is 0 Å². The van der Waals surface area contributed by atoms with Gasteiger partial charge in [-0.2, -0.15) is 5.10 Å². The fourth-order valence-electron chi connectivity index (χ4n) is 4.94. The number of nitrogens with zero attached hydrogens (tertiary/aromatic N) is 4. The Kier molecular flexibility index (Phi) is 7.93. The summed E-state index contributed by atoms with van der Waals surface area (Å²) in [5.74, 6) is 1.60. The Hall–Kier alpha value is -4.28. The molecule has 0 unspecified atom stereocenters. The highest BCUT2D eigenvalue weighted by molar-refractivity contribution is 7.99. The molecule has 0 aliphatic carbocycles. The van der Waals surface area contributed by atoms with Gasteiger partial charge in [0.05, 0.1) is 29.5 Å². The lowest BCUT2D eigenvalue weighted by molar-refractivity contribution is -0.111. The van der Waals surface area contributed by atoms with Gasteiger partial charge in [-0.05, 0) is 72.9 Å². The highest BCUT2D eigenvalue weighted by atomic mass is 32.2. The lowest BCUT2D eigenvalue weighted by atomic mass is 10.0. The zero-order valence-corrected chi connectivity index (χ0v) is 23.2. The third-order valence-electron chi connectivity index (χ3n) is 7.12. The molecule has 1 aliphatic rings. The number of carbonyl (C=O) groups excluding carboxylic acids is 1. The van der Waals surface area contributed by atoms with Crippen LogP contribution in [0.2, 0.25) is 0 Å². The molecule has 1 saturated heterocycles. The van der Waals surface area contributed by atoms with Gasteiger partial charge in [-0.15, -0.1) is 11.8 Å². The highest BCUT2D eigenvalue weighted by Crippen LogP contribution is 2.36. The SMILES string of the molecule is C=CC(=O)Nc1cc2c(Nc3ccc4c(cnn4Cc4cccc(F)c4)c3)ncnc2cc1SCC1CCOCC1. The molecule has 1 aliphatic heterocycles. The molecule has 0 bridgehead atoms. The topological polar surface area (TPSA) is 94.0 Å². The van der Waals surface area contributed by atoms with Crippen molar-refractivity contribution in [2.24, 2.45) is 5.92 Å². The predicted molar refractivity (Wildman–Crippen MR) is 161 cm³/mol. The van der Waals surface area contributed by atoms with E-state index in [2.05, 4.69) is 32.3 Å². The number of benzene rings is 3. The van der Waals surface area contributed by atoms with E-state index < -0.39 is 0 Å². The number of halogens is 1. The Balaban J connectivity index is 1.27. The van der Waals surface area contributed by atoms with Crippen LogP contribution in [-0.2, 0) is 16.1 Å². The summed E-state index contributed by atoms with van der Waals surface area (Å²) in [6, 6.07) is 16.4. The lowest BCUT2D eigenvalue weighted by Crippen LogP contribution is -2.17. The van der Waals surface area contributed by atoms with Gasteiger partial charge in [-0.1, -0.05) is 18.7 Å². The first-order valence-corrected chi connectivity index (χ1v) is 14.4. The molecule has 208 valence electrons. The lowest BCUT2D eigenvalue weighted by Gasteiger charge is -2.22. The minimum absolute atomic E-state index is 0.264. The van der Waals surface area contributed by atoms with Crippen LogP contribution in [-0.4, -0.2) is 44.6 Å². The Morgan fingerprint density at radius 1 is 1.15 bits per heavy atom. The van der Waals surface area contributed by atoms with Crippen LogP contribution in [0.3, 0.4) is 0 Å². The van der Waals surface area contributed by atoms with Crippen LogP contribution in [0.15, 0.2) is 84.7 Å². The Morgan fingerprint density at radius 3 is 2.85 bits per heavy atom. The van der Waals surface area contributed by atoms with Crippen LogP contribution in [0.1, 0.15) is 18.4 Å². The number of hydrogen-bond acceptors (Lipinski definition) is 7.